The Kier molecular flexibility index (Phi) is 4.55. The molecular formula is C21H16N4O3. The molecule has 0 aliphatic heterocycles. The van der Waals surface area contributed by atoms with Gasteiger partial charge in [0.2, 0.25) is 0 Å². The Labute approximate surface area is 160 Å². The van der Waals surface area contributed by atoms with E-state index in [1.807, 2.05) is 53.1 Å². The summed E-state index contributed by atoms with van der Waals surface area (Å²) in [5.74, 6) is 1.37. The molecule has 2 aromatic heterocycles. The first-order valence-electron chi connectivity index (χ1n) is 8.56. The number of fused-ring (bicyclic) bond motifs is 1. The van der Waals surface area contributed by atoms with Crippen LogP contribution >= 0.6 is 0 Å². The van der Waals surface area contributed by atoms with E-state index >= 15 is 0 Å². The number of methoxy groups -OCH3 is 1. The first-order valence-corrected chi connectivity index (χ1v) is 8.56. The van der Waals surface area contributed by atoms with Crippen molar-refractivity contribution in [2.75, 3.05) is 7.11 Å². The lowest BCUT2D eigenvalue weighted by atomic mass is 10.1. The Balaban J connectivity index is 1.82. The van der Waals surface area contributed by atoms with E-state index in [4.69, 9.17) is 4.74 Å². The maximum atomic E-state index is 11.1. The summed E-state index contributed by atoms with van der Waals surface area (Å²) in [6, 6.07) is 19.6. The fourth-order valence-electron chi connectivity index (χ4n) is 2.89. The maximum absolute atomic E-state index is 11.1. The summed E-state index contributed by atoms with van der Waals surface area (Å²) in [6.45, 7) is 0. The highest BCUT2D eigenvalue weighted by Gasteiger charge is 2.15. The highest BCUT2D eigenvalue weighted by Crippen LogP contribution is 2.32. The molecule has 0 bridgehead atoms. The van der Waals surface area contributed by atoms with E-state index in [0.29, 0.717) is 22.7 Å². The van der Waals surface area contributed by atoms with Crippen LogP contribution in [0.1, 0.15) is 5.56 Å². The molecule has 0 fully saturated rings. The highest BCUT2D eigenvalue weighted by molar-refractivity contribution is 5.85. The topological polar surface area (TPSA) is 82.0 Å². The molecule has 0 N–H and O–H groups in total. The van der Waals surface area contributed by atoms with Gasteiger partial charge in [0.25, 0.3) is 5.69 Å². The van der Waals surface area contributed by atoms with Gasteiger partial charge in [-0.05, 0) is 42.0 Å². The van der Waals surface area contributed by atoms with Gasteiger partial charge in [0.05, 0.1) is 12.0 Å². The van der Waals surface area contributed by atoms with Crippen molar-refractivity contribution in [1.82, 2.24) is 9.38 Å². The van der Waals surface area contributed by atoms with Crippen LogP contribution in [0, 0.1) is 10.1 Å². The van der Waals surface area contributed by atoms with Crippen LogP contribution < -0.4 is 4.74 Å². The molecule has 0 saturated carbocycles. The number of aromatic nitrogens is 2. The second kappa shape index (κ2) is 7.32. The minimum Gasteiger partial charge on any atom is -0.497 e. The molecule has 0 radical (unpaired) electrons. The third-order valence-electron chi connectivity index (χ3n) is 4.29. The first-order chi connectivity index (χ1) is 13.7. The fraction of sp³-hybridized carbons (Fsp3) is 0.0476. The van der Waals surface area contributed by atoms with Crippen LogP contribution in [0.2, 0.25) is 0 Å². The van der Waals surface area contributed by atoms with Crippen LogP contribution in [-0.2, 0) is 0 Å². The van der Waals surface area contributed by atoms with Gasteiger partial charge in [0, 0.05) is 30.1 Å². The molecule has 7 heteroatoms. The molecular weight excluding hydrogens is 356 g/mol. The number of nitrogens with zero attached hydrogens (tertiary/aromatic N) is 4. The normalized spacial score (nSPS) is 11.2. The quantitative estimate of drug-likeness (QED) is 0.290. The second-order valence-electron chi connectivity index (χ2n) is 6.05. The molecule has 0 atom stereocenters. The minimum atomic E-state index is -0.417. The van der Waals surface area contributed by atoms with E-state index in [0.717, 1.165) is 11.3 Å². The van der Waals surface area contributed by atoms with Crippen LogP contribution in [0.15, 0.2) is 77.9 Å². The van der Waals surface area contributed by atoms with E-state index in [1.54, 1.807) is 25.5 Å². The lowest BCUT2D eigenvalue weighted by Gasteiger charge is -2.02. The van der Waals surface area contributed by atoms with Crippen molar-refractivity contribution in [1.29, 1.82) is 0 Å². The van der Waals surface area contributed by atoms with Gasteiger partial charge in [-0.15, -0.1) is 0 Å². The molecule has 7 nitrogen and oxygen atoms in total. The van der Waals surface area contributed by atoms with Crippen molar-refractivity contribution < 1.29 is 9.66 Å². The number of pyridine rings is 1. The lowest BCUT2D eigenvalue weighted by Crippen LogP contribution is -1.89. The smallest absolute Gasteiger partial charge is 0.270 e. The summed E-state index contributed by atoms with van der Waals surface area (Å²) in [6.07, 6.45) is 3.60. The average Bonchev–Trinajstić information content (AvgIpc) is 3.11. The van der Waals surface area contributed by atoms with Crippen LogP contribution in [0.25, 0.3) is 16.9 Å². The molecule has 0 amide bonds. The van der Waals surface area contributed by atoms with Crippen molar-refractivity contribution in [3.63, 3.8) is 0 Å². The lowest BCUT2D eigenvalue weighted by molar-refractivity contribution is -0.384. The molecule has 0 aliphatic rings. The molecule has 0 aliphatic carbocycles. The zero-order chi connectivity index (χ0) is 19.5. The van der Waals surface area contributed by atoms with Crippen molar-refractivity contribution >= 4 is 23.4 Å². The van der Waals surface area contributed by atoms with E-state index < -0.39 is 4.92 Å². The standard InChI is InChI=1S/C21H16N4O3/c1-28-18-10-8-15(9-11-18)14-22-21-20(23-19-7-2-3-12-24(19)21)16-5-4-6-17(13-16)25(26)27/h2-14H,1H3/b22-14+. The number of nitro benzene ring substituents is 1. The first kappa shape index (κ1) is 17.4. The van der Waals surface area contributed by atoms with Crippen molar-refractivity contribution in [2.45, 2.75) is 0 Å². The van der Waals surface area contributed by atoms with Crippen LogP contribution in [0.5, 0.6) is 5.75 Å². The summed E-state index contributed by atoms with van der Waals surface area (Å²) in [7, 11) is 1.62. The average molecular weight is 372 g/mol. The van der Waals surface area contributed by atoms with Gasteiger partial charge in [-0.2, -0.15) is 0 Å². The van der Waals surface area contributed by atoms with Crippen molar-refractivity contribution in [3.05, 3.63) is 88.6 Å². The number of hydrogen-bond acceptors (Lipinski definition) is 5. The Morgan fingerprint density at radius 2 is 1.93 bits per heavy atom. The van der Waals surface area contributed by atoms with Crippen LogP contribution in [0.3, 0.4) is 0 Å². The number of non-ortho nitro benzene ring substituents is 1. The number of hydrogen-bond donors (Lipinski definition) is 0. The summed E-state index contributed by atoms with van der Waals surface area (Å²) in [4.78, 5) is 20.0. The summed E-state index contributed by atoms with van der Waals surface area (Å²) < 4.78 is 7.03. The van der Waals surface area contributed by atoms with E-state index in [1.165, 1.54) is 12.1 Å². The van der Waals surface area contributed by atoms with Gasteiger partial charge in [0.15, 0.2) is 5.82 Å². The van der Waals surface area contributed by atoms with Gasteiger partial charge >= 0.3 is 0 Å². The SMILES string of the molecule is COc1ccc(/C=N/c2c(-c3cccc([N+](=O)[O-])c3)nc3ccccn23)cc1. The van der Waals surface area contributed by atoms with Crippen molar-refractivity contribution in [2.24, 2.45) is 4.99 Å². The van der Waals surface area contributed by atoms with E-state index in [2.05, 4.69) is 9.98 Å². The van der Waals surface area contributed by atoms with E-state index in [9.17, 15) is 10.1 Å². The fourth-order valence-corrected chi connectivity index (χ4v) is 2.89. The number of ether oxygens (including phenoxy) is 1. The third-order valence-corrected chi connectivity index (χ3v) is 4.29. The predicted molar refractivity (Wildman–Crippen MR) is 108 cm³/mol. The van der Waals surface area contributed by atoms with Gasteiger partial charge in [-0.1, -0.05) is 18.2 Å². The third kappa shape index (κ3) is 3.33. The van der Waals surface area contributed by atoms with Gasteiger partial charge in [0.1, 0.15) is 17.1 Å². The molecule has 2 aromatic carbocycles. The Morgan fingerprint density at radius 3 is 2.68 bits per heavy atom. The zero-order valence-corrected chi connectivity index (χ0v) is 15.0. The Bertz CT molecular complexity index is 1180. The monoisotopic (exact) mass is 372 g/mol. The van der Waals surface area contributed by atoms with Crippen LogP contribution in [-0.4, -0.2) is 27.6 Å². The number of nitro groups is 1. The van der Waals surface area contributed by atoms with Crippen LogP contribution in [0.4, 0.5) is 11.5 Å². The molecule has 0 saturated heterocycles. The molecule has 4 rings (SSSR count). The Hall–Kier alpha value is -4.00. The number of rotatable bonds is 5. The zero-order valence-electron chi connectivity index (χ0n) is 15.0. The largest absolute Gasteiger partial charge is 0.497 e. The molecule has 2 heterocycles. The van der Waals surface area contributed by atoms with E-state index in [-0.39, 0.29) is 5.69 Å². The maximum Gasteiger partial charge on any atom is 0.270 e. The summed E-state index contributed by atoms with van der Waals surface area (Å²) in [5, 5.41) is 11.1. The molecule has 28 heavy (non-hydrogen) atoms. The highest BCUT2D eigenvalue weighted by atomic mass is 16.6. The Morgan fingerprint density at radius 1 is 1.11 bits per heavy atom. The van der Waals surface area contributed by atoms with Gasteiger partial charge < -0.3 is 4.74 Å². The minimum absolute atomic E-state index is 0.0136. The summed E-state index contributed by atoms with van der Waals surface area (Å²) in [5.41, 5.74) is 2.85. The number of aliphatic imine (C=N–C) groups is 1. The van der Waals surface area contributed by atoms with Gasteiger partial charge in [-0.3, -0.25) is 14.5 Å². The number of benzene rings is 2. The predicted octanol–water partition coefficient (Wildman–Crippen LogP) is 4.67. The second-order valence-corrected chi connectivity index (χ2v) is 6.05. The number of imidazole rings is 1. The van der Waals surface area contributed by atoms with Crippen molar-refractivity contribution in [3.8, 4) is 17.0 Å². The molecule has 4 aromatic rings. The summed E-state index contributed by atoms with van der Waals surface area (Å²) >= 11 is 0. The van der Waals surface area contributed by atoms with Gasteiger partial charge in [-0.25, -0.2) is 9.98 Å². The molecule has 0 unspecified atom stereocenters. The molecule has 138 valence electrons. The molecule has 0 spiro atoms.